The molecule has 206 valence electrons. The van der Waals surface area contributed by atoms with Gasteiger partial charge >= 0.3 is 11.9 Å². The summed E-state index contributed by atoms with van der Waals surface area (Å²) in [6.07, 6.45) is 1.30. The Balaban J connectivity index is 0.000000344. The zero-order chi connectivity index (χ0) is 29.1. The molecule has 0 aromatic heterocycles. The first kappa shape index (κ1) is 31.2. The van der Waals surface area contributed by atoms with Crippen LogP contribution < -0.4 is 5.32 Å². The number of benzene rings is 3. The van der Waals surface area contributed by atoms with Gasteiger partial charge in [0.25, 0.3) is 0 Å². The second-order valence-electron chi connectivity index (χ2n) is 9.17. The molecule has 0 aliphatic heterocycles. The Morgan fingerprint density at radius 2 is 1.69 bits per heavy atom. The Kier molecular flexibility index (Phi) is 11.8. The standard InChI is InChI=1S/C20H23ClN2O3.C10H10O3/c1-14-11-16(21)6-8-17(14)15-5-7-18(19(12-15)22-13-24)20(25)26-10-4-9-23(2)3;1-6-3-4-8(10(12)13)5-9(6)7(2)11/h5-8,11-13H,4,9-10H2,1-3H3,(H,22,24);3-5H,1-2H3,(H,12,13). The van der Waals surface area contributed by atoms with Crippen molar-refractivity contribution in [3.8, 4) is 11.1 Å². The fourth-order valence-electron chi connectivity index (χ4n) is 3.78. The second kappa shape index (κ2) is 14.8. The number of aromatic carboxylic acids is 1. The summed E-state index contributed by atoms with van der Waals surface area (Å²) < 4.78 is 5.31. The Hall–Kier alpha value is -4.01. The average molecular weight is 553 g/mol. The number of Topliss-reactive ketones (excluding diaryl/α,β-unsaturated/α-hetero) is 1. The fourth-order valence-corrected chi connectivity index (χ4v) is 4.01. The van der Waals surface area contributed by atoms with Crippen LogP contribution in [0.4, 0.5) is 5.69 Å². The Morgan fingerprint density at radius 1 is 0.974 bits per heavy atom. The fraction of sp³-hybridized carbons (Fsp3) is 0.267. The van der Waals surface area contributed by atoms with Gasteiger partial charge in [0.05, 0.1) is 23.4 Å². The largest absolute Gasteiger partial charge is 0.478 e. The number of ether oxygens (including phenoxy) is 1. The number of anilines is 1. The summed E-state index contributed by atoms with van der Waals surface area (Å²) in [5.74, 6) is -1.57. The zero-order valence-electron chi connectivity index (χ0n) is 22.7. The van der Waals surface area contributed by atoms with E-state index >= 15 is 0 Å². The van der Waals surface area contributed by atoms with Crippen molar-refractivity contribution in [2.24, 2.45) is 0 Å². The van der Waals surface area contributed by atoms with Gasteiger partial charge in [0.1, 0.15) is 0 Å². The average Bonchev–Trinajstić information content (AvgIpc) is 2.87. The lowest BCUT2D eigenvalue weighted by Gasteiger charge is -2.13. The molecule has 3 aromatic rings. The number of carboxylic acids is 1. The smallest absolute Gasteiger partial charge is 0.340 e. The van der Waals surface area contributed by atoms with E-state index in [0.717, 1.165) is 35.2 Å². The van der Waals surface area contributed by atoms with Crippen LogP contribution in [-0.4, -0.2) is 61.4 Å². The Morgan fingerprint density at radius 3 is 2.28 bits per heavy atom. The lowest BCUT2D eigenvalue weighted by Crippen LogP contribution is -2.16. The van der Waals surface area contributed by atoms with Crippen LogP contribution in [0.15, 0.2) is 54.6 Å². The molecule has 0 spiro atoms. The van der Waals surface area contributed by atoms with E-state index in [9.17, 15) is 19.2 Å². The highest BCUT2D eigenvalue weighted by atomic mass is 35.5. The van der Waals surface area contributed by atoms with Crippen molar-refractivity contribution >= 4 is 41.4 Å². The quantitative estimate of drug-likeness (QED) is 0.139. The topological polar surface area (TPSA) is 113 Å². The van der Waals surface area contributed by atoms with Gasteiger partial charge in [-0.25, -0.2) is 9.59 Å². The molecule has 1 amide bonds. The Bertz CT molecular complexity index is 1350. The van der Waals surface area contributed by atoms with Crippen molar-refractivity contribution in [3.63, 3.8) is 0 Å². The first-order chi connectivity index (χ1) is 18.4. The second-order valence-corrected chi connectivity index (χ2v) is 9.60. The number of amides is 1. The number of carbonyl (C=O) groups is 4. The predicted octanol–water partition coefficient (Wildman–Crippen LogP) is 5.89. The highest BCUT2D eigenvalue weighted by Gasteiger charge is 2.15. The summed E-state index contributed by atoms with van der Waals surface area (Å²) >= 11 is 6.01. The van der Waals surface area contributed by atoms with Crippen molar-refractivity contribution in [2.45, 2.75) is 27.2 Å². The number of esters is 1. The number of nitrogens with one attached hydrogen (secondary N) is 1. The third kappa shape index (κ3) is 9.35. The summed E-state index contributed by atoms with van der Waals surface area (Å²) in [5, 5.41) is 11.9. The third-order valence-electron chi connectivity index (χ3n) is 5.80. The van der Waals surface area contributed by atoms with E-state index in [1.165, 1.54) is 19.1 Å². The molecule has 0 fully saturated rings. The number of aryl methyl sites for hydroxylation is 2. The number of ketones is 1. The first-order valence-electron chi connectivity index (χ1n) is 12.2. The number of hydrogen-bond acceptors (Lipinski definition) is 6. The molecule has 0 radical (unpaired) electrons. The monoisotopic (exact) mass is 552 g/mol. The van der Waals surface area contributed by atoms with Gasteiger partial charge in [0.2, 0.25) is 6.41 Å². The van der Waals surface area contributed by atoms with Crippen molar-refractivity contribution in [3.05, 3.63) is 87.4 Å². The molecule has 0 aliphatic carbocycles. The van der Waals surface area contributed by atoms with E-state index in [1.54, 1.807) is 25.1 Å². The predicted molar refractivity (Wildman–Crippen MR) is 153 cm³/mol. The van der Waals surface area contributed by atoms with E-state index in [1.807, 2.05) is 50.2 Å². The maximum atomic E-state index is 12.3. The first-order valence-corrected chi connectivity index (χ1v) is 12.6. The highest BCUT2D eigenvalue weighted by molar-refractivity contribution is 6.30. The number of hydrogen-bond donors (Lipinski definition) is 2. The number of carboxylic acid groups (broad SMARTS) is 1. The molecular formula is C30H33ClN2O6. The van der Waals surface area contributed by atoms with E-state index in [2.05, 4.69) is 5.32 Å². The van der Waals surface area contributed by atoms with Gasteiger partial charge in [-0.3, -0.25) is 9.59 Å². The lowest BCUT2D eigenvalue weighted by atomic mass is 9.98. The van der Waals surface area contributed by atoms with Gasteiger partial charge in [-0.15, -0.1) is 0 Å². The van der Waals surface area contributed by atoms with Gasteiger partial charge in [-0.05, 0) is 99.9 Å². The minimum absolute atomic E-state index is 0.111. The van der Waals surface area contributed by atoms with Gasteiger partial charge < -0.3 is 20.1 Å². The van der Waals surface area contributed by atoms with Crippen LogP contribution >= 0.6 is 11.6 Å². The molecule has 0 heterocycles. The lowest BCUT2D eigenvalue weighted by molar-refractivity contribution is -0.105. The van der Waals surface area contributed by atoms with Gasteiger partial charge in [0.15, 0.2) is 5.78 Å². The molecule has 3 aromatic carbocycles. The van der Waals surface area contributed by atoms with Crippen LogP contribution in [0.1, 0.15) is 55.5 Å². The Labute approximate surface area is 233 Å². The van der Waals surface area contributed by atoms with E-state index in [0.29, 0.717) is 34.9 Å². The van der Waals surface area contributed by atoms with Gasteiger partial charge in [-0.2, -0.15) is 0 Å². The van der Waals surface area contributed by atoms with Crippen LogP contribution in [-0.2, 0) is 9.53 Å². The molecule has 8 nitrogen and oxygen atoms in total. The minimum Gasteiger partial charge on any atom is -0.478 e. The molecule has 0 atom stereocenters. The van der Waals surface area contributed by atoms with E-state index in [-0.39, 0.29) is 11.3 Å². The molecule has 3 rings (SSSR count). The molecule has 0 saturated carbocycles. The minimum atomic E-state index is -1.01. The summed E-state index contributed by atoms with van der Waals surface area (Å²) in [6.45, 7) is 6.33. The van der Waals surface area contributed by atoms with Crippen molar-refractivity contribution in [1.82, 2.24) is 4.90 Å². The zero-order valence-corrected chi connectivity index (χ0v) is 23.5. The normalized spacial score (nSPS) is 10.3. The maximum Gasteiger partial charge on any atom is 0.340 e. The highest BCUT2D eigenvalue weighted by Crippen LogP contribution is 2.30. The maximum absolute atomic E-state index is 12.3. The van der Waals surface area contributed by atoms with Crippen molar-refractivity contribution in [1.29, 1.82) is 0 Å². The van der Waals surface area contributed by atoms with Crippen LogP contribution in [0.3, 0.4) is 0 Å². The molecule has 39 heavy (non-hydrogen) atoms. The molecular weight excluding hydrogens is 520 g/mol. The number of rotatable bonds is 10. The van der Waals surface area contributed by atoms with Crippen LogP contribution in [0.5, 0.6) is 0 Å². The summed E-state index contributed by atoms with van der Waals surface area (Å²) in [5.41, 5.74) is 5.05. The van der Waals surface area contributed by atoms with Gasteiger partial charge in [0, 0.05) is 17.1 Å². The molecule has 0 saturated heterocycles. The van der Waals surface area contributed by atoms with Crippen LogP contribution in [0.2, 0.25) is 5.02 Å². The number of nitrogens with zero attached hydrogens (tertiary/aromatic N) is 1. The molecule has 9 heteroatoms. The summed E-state index contributed by atoms with van der Waals surface area (Å²) in [7, 11) is 3.93. The molecule has 0 bridgehead atoms. The van der Waals surface area contributed by atoms with Crippen LogP contribution in [0, 0.1) is 13.8 Å². The van der Waals surface area contributed by atoms with Gasteiger partial charge in [-0.1, -0.05) is 29.8 Å². The van der Waals surface area contributed by atoms with E-state index < -0.39 is 11.9 Å². The SMILES string of the molecule is CC(=O)c1cc(C(=O)O)ccc1C.Cc1cc(Cl)ccc1-c1ccc(C(=O)OCCCN(C)C)c(NC=O)c1. The molecule has 0 aliphatic rings. The van der Waals surface area contributed by atoms with Crippen LogP contribution in [0.25, 0.3) is 11.1 Å². The van der Waals surface area contributed by atoms with Crippen molar-refractivity contribution in [2.75, 3.05) is 32.6 Å². The number of carbonyl (C=O) groups excluding carboxylic acids is 3. The molecule has 2 N–H and O–H groups in total. The number of halogens is 1. The molecule has 0 unspecified atom stereocenters. The van der Waals surface area contributed by atoms with E-state index in [4.69, 9.17) is 21.4 Å². The third-order valence-corrected chi connectivity index (χ3v) is 6.04. The van der Waals surface area contributed by atoms with Crippen molar-refractivity contribution < 1.29 is 29.0 Å². The summed E-state index contributed by atoms with van der Waals surface area (Å²) in [4.78, 5) is 46.9. The summed E-state index contributed by atoms with van der Waals surface area (Å²) in [6, 6.07) is 15.4.